The molecule has 0 aliphatic heterocycles. The molecule has 0 spiro atoms. The van der Waals surface area contributed by atoms with Gasteiger partial charge in [0, 0.05) is 4.47 Å². The van der Waals surface area contributed by atoms with Crippen molar-refractivity contribution < 1.29 is 9.53 Å². The van der Waals surface area contributed by atoms with Crippen molar-refractivity contribution in [3.8, 4) is 5.75 Å². The van der Waals surface area contributed by atoms with Crippen LogP contribution in [0.2, 0.25) is 0 Å². The first kappa shape index (κ1) is 16.9. The summed E-state index contributed by atoms with van der Waals surface area (Å²) in [7, 11) is 1.60. The number of anilines is 3. The molecule has 25 heavy (non-hydrogen) atoms. The summed E-state index contributed by atoms with van der Waals surface area (Å²) in [6.45, 7) is 0. The normalized spacial score (nSPS) is 10.2. The van der Waals surface area contributed by atoms with E-state index >= 15 is 0 Å². The molecule has 3 aromatic rings. The smallest absolute Gasteiger partial charge is 0.276 e. The quantitative estimate of drug-likeness (QED) is 0.671. The van der Waals surface area contributed by atoms with Gasteiger partial charge in [-0.2, -0.15) is 0 Å². The lowest BCUT2D eigenvalue weighted by Gasteiger charge is -2.10. The summed E-state index contributed by atoms with van der Waals surface area (Å²) in [5.41, 5.74) is 1.66. The van der Waals surface area contributed by atoms with Crippen LogP contribution in [-0.2, 0) is 0 Å². The molecule has 0 unspecified atom stereocenters. The molecule has 0 fully saturated rings. The monoisotopic (exact) mass is 398 g/mol. The van der Waals surface area contributed by atoms with E-state index in [4.69, 9.17) is 4.74 Å². The predicted octanol–water partition coefficient (Wildman–Crippen LogP) is 4.24. The number of carbonyl (C=O) groups excluding carboxylic acids is 1. The lowest BCUT2D eigenvalue weighted by Crippen LogP contribution is -2.14. The number of hydrogen-bond donors (Lipinski definition) is 2. The van der Waals surface area contributed by atoms with Crippen molar-refractivity contribution in [1.29, 1.82) is 0 Å². The topological polar surface area (TPSA) is 76.1 Å². The Balaban J connectivity index is 1.72. The molecular weight excluding hydrogens is 384 g/mol. The number of nitrogens with zero attached hydrogens (tertiary/aromatic N) is 2. The zero-order chi connectivity index (χ0) is 17.6. The Morgan fingerprint density at radius 1 is 0.960 bits per heavy atom. The number of aromatic nitrogens is 2. The molecular formula is C18H15BrN4O2. The highest BCUT2D eigenvalue weighted by Crippen LogP contribution is 2.26. The minimum atomic E-state index is -0.330. The van der Waals surface area contributed by atoms with Crippen LogP contribution in [0.3, 0.4) is 0 Å². The van der Waals surface area contributed by atoms with Crippen LogP contribution in [0.4, 0.5) is 17.2 Å². The minimum absolute atomic E-state index is 0.223. The van der Waals surface area contributed by atoms with Gasteiger partial charge in [0.15, 0.2) is 11.5 Å². The Kier molecular flexibility index (Phi) is 5.25. The summed E-state index contributed by atoms with van der Waals surface area (Å²) in [4.78, 5) is 12.3. The van der Waals surface area contributed by atoms with Gasteiger partial charge in [0.1, 0.15) is 5.75 Å². The second-order valence-corrected chi connectivity index (χ2v) is 5.92. The zero-order valence-corrected chi connectivity index (χ0v) is 14.9. The average Bonchev–Trinajstić information content (AvgIpc) is 2.64. The average molecular weight is 399 g/mol. The van der Waals surface area contributed by atoms with Crippen molar-refractivity contribution in [1.82, 2.24) is 10.2 Å². The van der Waals surface area contributed by atoms with E-state index in [0.717, 1.165) is 10.2 Å². The third kappa shape index (κ3) is 4.13. The number of carbonyl (C=O) groups is 1. The Bertz CT molecular complexity index is 884. The zero-order valence-electron chi connectivity index (χ0n) is 13.4. The summed E-state index contributed by atoms with van der Waals surface area (Å²) in [5.74, 6) is 0.880. The van der Waals surface area contributed by atoms with Crippen LogP contribution in [0.5, 0.6) is 5.75 Å². The summed E-state index contributed by atoms with van der Waals surface area (Å²) >= 11 is 3.39. The van der Waals surface area contributed by atoms with E-state index < -0.39 is 0 Å². The van der Waals surface area contributed by atoms with Gasteiger partial charge in [-0.05, 0) is 52.3 Å². The van der Waals surface area contributed by atoms with Gasteiger partial charge in [-0.15, -0.1) is 10.2 Å². The first-order chi connectivity index (χ1) is 12.2. The van der Waals surface area contributed by atoms with Gasteiger partial charge < -0.3 is 15.4 Å². The highest BCUT2D eigenvalue weighted by molar-refractivity contribution is 9.10. The molecule has 2 N–H and O–H groups in total. The van der Waals surface area contributed by atoms with Gasteiger partial charge in [-0.1, -0.05) is 24.3 Å². The van der Waals surface area contributed by atoms with E-state index in [1.807, 2.05) is 42.5 Å². The number of nitrogens with one attached hydrogen (secondary N) is 2. The molecule has 0 aliphatic carbocycles. The molecule has 0 bridgehead atoms. The third-order valence-corrected chi connectivity index (χ3v) is 4.08. The van der Waals surface area contributed by atoms with E-state index in [0.29, 0.717) is 17.3 Å². The van der Waals surface area contributed by atoms with Gasteiger partial charge in [0.05, 0.1) is 18.5 Å². The van der Waals surface area contributed by atoms with Crippen molar-refractivity contribution in [3.05, 3.63) is 70.8 Å². The fraction of sp³-hybridized carbons (Fsp3) is 0.0556. The van der Waals surface area contributed by atoms with Crippen LogP contribution in [0, 0.1) is 0 Å². The van der Waals surface area contributed by atoms with E-state index in [1.54, 1.807) is 25.3 Å². The number of amides is 1. The summed E-state index contributed by atoms with van der Waals surface area (Å²) < 4.78 is 6.07. The van der Waals surface area contributed by atoms with Gasteiger partial charge in [0.25, 0.3) is 5.91 Å². The Labute approximate surface area is 153 Å². The van der Waals surface area contributed by atoms with Crippen LogP contribution < -0.4 is 15.4 Å². The molecule has 3 rings (SSSR count). The van der Waals surface area contributed by atoms with E-state index in [9.17, 15) is 4.79 Å². The predicted molar refractivity (Wildman–Crippen MR) is 100 cm³/mol. The van der Waals surface area contributed by atoms with E-state index in [1.165, 1.54) is 0 Å². The molecule has 0 radical (unpaired) electrons. The molecule has 6 nitrogen and oxygen atoms in total. The van der Waals surface area contributed by atoms with E-state index in [2.05, 4.69) is 36.8 Å². The molecule has 126 valence electrons. The number of halogens is 1. The molecule has 7 heteroatoms. The summed E-state index contributed by atoms with van der Waals surface area (Å²) in [5, 5.41) is 13.9. The number of hydrogen-bond acceptors (Lipinski definition) is 5. The van der Waals surface area contributed by atoms with Gasteiger partial charge in [-0.25, -0.2) is 0 Å². The Morgan fingerprint density at radius 2 is 1.68 bits per heavy atom. The van der Waals surface area contributed by atoms with E-state index in [-0.39, 0.29) is 11.6 Å². The second-order valence-electron chi connectivity index (χ2n) is 5.06. The van der Waals surface area contributed by atoms with Gasteiger partial charge in [0.2, 0.25) is 0 Å². The molecule has 1 heterocycles. The van der Waals surface area contributed by atoms with Crippen molar-refractivity contribution in [2.24, 2.45) is 0 Å². The summed E-state index contributed by atoms with van der Waals surface area (Å²) in [6, 6.07) is 18.1. The number of ether oxygens (including phenoxy) is 1. The van der Waals surface area contributed by atoms with Gasteiger partial charge in [-0.3, -0.25) is 4.79 Å². The van der Waals surface area contributed by atoms with Crippen LogP contribution >= 0.6 is 15.9 Å². The Morgan fingerprint density at radius 3 is 2.36 bits per heavy atom. The molecule has 0 saturated carbocycles. The van der Waals surface area contributed by atoms with Crippen LogP contribution in [0.15, 0.2) is 65.1 Å². The number of methoxy groups -OCH3 is 1. The van der Waals surface area contributed by atoms with Crippen molar-refractivity contribution >= 4 is 39.0 Å². The third-order valence-electron chi connectivity index (χ3n) is 3.39. The fourth-order valence-electron chi connectivity index (χ4n) is 2.15. The van der Waals surface area contributed by atoms with Gasteiger partial charge >= 0.3 is 0 Å². The summed E-state index contributed by atoms with van der Waals surface area (Å²) in [6.07, 6.45) is 0. The highest BCUT2D eigenvalue weighted by Gasteiger charge is 2.11. The molecule has 0 atom stereocenters. The second kappa shape index (κ2) is 7.76. The highest BCUT2D eigenvalue weighted by atomic mass is 79.9. The van der Waals surface area contributed by atoms with Crippen LogP contribution in [-0.4, -0.2) is 23.2 Å². The lowest BCUT2D eigenvalue weighted by molar-refractivity contribution is 0.102. The molecule has 2 aromatic carbocycles. The first-order valence-corrected chi connectivity index (χ1v) is 8.26. The molecule has 1 amide bonds. The first-order valence-electron chi connectivity index (χ1n) is 7.47. The molecule has 1 aromatic heterocycles. The maximum Gasteiger partial charge on any atom is 0.276 e. The standard InChI is InChI=1S/C18H15BrN4O2/c1-25-16-9-5-4-8-14(16)20-17-11-10-15(22-23-17)18(24)21-13-7-3-2-6-12(13)19/h2-11H,1H3,(H,20,23)(H,21,24). The number of para-hydroxylation sites is 3. The largest absolute Gasteiger partial charge is 0.495 e. The SMILES string of the molecule is COc1ccccc1Nc1ccc(C(=O)Nc2ccccc2Br)nn1. The molecule has 0 saturated heterocycles. The number of benzene rings is 2. The Hall–Kier alpha value is -2.93. The maximum absolute atomic E-state index is 12.3. The maximum atomic E-state index is 12.3. The lowest BCUT2D eigenvalue weighted by atomic mass is 10.3. The molecule has 0 aliphatic rings. The van der Waals surface area contributed by atoms with Crippen molar-refractivity contribution in [2.45, 2.75) is 0 Å². The fourth-order valence-corrected chi connectivity index (χ4v) is 2.54. The van der Waals surface area contributed by atoms with Crippen molar-refractivity contribution in [3.63, 3.8) is 0 Å². The van der Waals surface area contributed by atoms with Crippen molar-refractivity contribution in [2.75, 3.05) is 17.7 Å². The van der Waals surface area contributed by atoms with Crippen LogP contribution in [0.1, 0.15) is 10.5 Å². The minimum Gasteiger partial charge on any atom is -0.495 e. The van der Waals surface area contributed by atoms with Crippen LogP contribution in [0.25, 0.3) is 0 Å². The number of rotatable bonds is 5.